The van der Waals surface area contributed by atoms with E-state index in [9.17, 15) is 4.79 Å². The number of anilines is 2. The minimum absolute atomic E-state index is 0.375. The molecule has 3 aromatic rings. The van der Waals surface area contributed by atoms with Crippen molar-refractivity contribution in [3.05, 3.63) is 70.7 Å². The molecule has 2 N–H and O–H groups in total. The van der Waals surface area contributed by atoms with Gasteiger partial charge in [0.1, 0.15) is 0 Å². The van der Waals surface area contributed by atoms with E-state index in [4.69, 9.17) is 23.2 Å². The van der Waals surface area contributed by atoms with Gasteiger partial charge in [-0.1, -0.05) is 59.6 Å². The third-order valence-corrected chi connectivity index (χ3v) is 3.78. The van der Waals surface area contributed by atoms with Gasteiger partial charge in [0.05, 0.1) is 16.4 Å². The SMILES string of the molecule is O=C(Nc1cc(Cl)ccc1Cl)Nc1cccc2ccccc12. The van der Waals surface area contributed by atoms with Gasteiger partial charge in [-0.2, -0.15) is 0 Å². The number of halogens is 2. The highest BCUT2D eigenvalue weighted by Crippen LogP contribution is 2.26. The second-order valence-electron chi connectivity index (χ2n) is 4.73. The lowest BCUT2D eigenvalue weighted by atomic mass is 10.1. The van der Waals surface area contributed by atoms with E-state index in [1.54, 1.807) is 18.2 Å². The zero-order valence-corrected chi connectivity index (χ0v) is 12.9. The number of fused-ring (bicyclic) bond motifs is 1. The van der Waals surface area contributed by atoms with Crippen LogP contribution in [0.25, 0.3) is 10.8 Å². The van der Waals surface area contributed by atoms with Crippen molar-refractivity contribution in [2.24, 2.45) is 0 Å². The standard InChI is InChI=1S/C17H12Cl2N2O/c18-12-8-9-14(19)16(10-12)21-17(22)20-15-7-3-5-11-4-1-2-6-13(11)15/h1-10H,(H2,20,21,22). The van der Waals surface area contributed by atoms with Crippen LogP contribution in [0.3, 0.4) is 0 Å². The average Bonchev–Trinajstić information content (AvgIpc) is 2.51. The quantitative estimate of drug-likeness (QED) is 0.613. The van der Waals surface area contributed by atoms with Gasteiger partial charge in [-0.15, -0.1) is 0 Å². The fraction of sp³-hybridized carbons (Fsp3) is 0. The smallest absolute Gasteiger partial charge is 0.307 e. The van der Waals surface area contributed by atoms with Crippen molar-refractivity contribution in [2.75, 3.05) is 10.6 Å². The van der Waals surface area contributed by atoms with Crippen LogP contribution in [-0.4, -0.2) is 6.03 Å². The van der Waals surface area contributed by atoms with Crippen molar-refractivity contribution in [3.8, 4) is 0 Å². The zero-order valence-electron chi connectivity index (χ0n) is 11.4. The monoisotopic (exact) mass is 330 g/mol. The number of carbonyl (C=O) groups excluding carboxylic acids is 1. The maximum Gasteiger partial charge on any atom is 0.323 e. The predicted octanol–water partition coefficient (Wildman–Crippen LogP) is 5.79. The molecule has 0 bridgehead atoms. The maximum atomic E-state index is 12.2. The summed E-state index contributed by atoms with van der Waals surface area (Å²) in [5.74, 6) is 0. The summed E-state index contributed by atoms with van der Waals surface area (Å²) in [7, 11) is 0. The minimum Gasteiger partial charge on any atom is -0.307 e. The Labute approximate surface area is 137 Å². The Morgan fingerprint density at radius 2 is 1.55 bits per heavy atom. The molecular formula is C17H12Cl2N2O. The molecule has 0 aliphatic heterocycles. The van der Waals surface area contributed by atoms with Gasteiger partial charge in [-0.3, -0.25) is 0 Å². The minimum atomic E-state index is -0.375. The van der Waals surface area contributed by atoms with E-state index in [0.717, 1.165) is 16.5 Å². The number of hydrogen-bond donors (Lipinski definition) is 2. The lowest BCUT2D eigenvalue weighted by Gasteiger charge is -2.11. The number of benzene rings is 3. The van der Waals surface area contributed by atoms with Crippen molar-refractivity contribution in [1.29, 1.82) is 0 Å². The van der Waals surface area contributed by atoms with Gasteiger partial charge in [0.25, 0.3) is 0 Å². The highest BCUT2D eigenvalue weighted by molar-refractivity contribution is 6.35. The van der Waals surface area contributed by atoms with Crippen molar-refractivity contribution >= 4 is 51.4 Å². The van der Waals surface area contributed by atoms with Crippen molar-refractivity contribution < 1.29 is 4.79 Å². The first-order valence-corrected chi connectivity index (χ1v) is 7.40. The summed E-state index contributed by atoms with van der Waals surface area (Å²) >= 11 is 11.9. The van der Waals surface area contributed by atoms with Crippen LogP contribution in [0.4, 0.5) is 16.2 Å². The van der Waals surface area contributed by atoms with Crippen LogP contribution in [0, 0.1) is 0 Å². The molecule has 0 radical (unpaired) electrons. The molecule has 110 valence electrons. The Kier molecular flexibility index (Phi) is 4.18. The molecule has 0 saturated heterocycles. The summed E-state index contributed by atoms with van der Waals surface area (Å²) in [5.41, 5.74) is 1.20. The summed E-state index contributed by atoms with van der Waals surface area (Å²) in [6, 6.07) is 18.1. The van der Waals surface area contributed by atoms with Crippen LogP contribution in [0.5, 0.6) is 0 Å². The lowest BCUT2D eigenvalue weighted by molar-refractivity contribution is 0.262. The third kappa shape index (κ3) is 3.16. The van der Waals surface area contributed by atoms with E-state index in [1.807, 2.05) is 42.5 Å². The lowest BCUT2D eigenvalue weighted by Crippen LogP contribution is -2.19. The van der Waals surface area contributed by atoms with Crippen LogP contribution in [0.2, 0.25) is 10.0 Å². The van der Waals surface area contributed by atoms with E-state index in [1.165, 1.54) is 0 Å². The van der Waals surface area contributed by atoms with Crippen molar-refractivity contribution in [3.63, 3.8) is 0 Å². The number of hydrogen-bond acceptors (Lipinski definition) is 1. The van der Waals surface area contributed by atoms with Crippen molar-refractivity contribution in [1.82, 2.24) is 0 Å². The van der Waals surface area contributed by atoms with Gasteiger partial charge in [0.2, 0.25) is 0 Å². The second kappa shape index (κ2) is 6.26. The number of urea groups is 1. The number of amides is 2. The molecule has 0 saturated carbocycles. The van der Waals surface area contributed by atoms with Crippen molar-refractivity contribution in [2.45, 2.75) is 0 Å². The van der Waals surface area contributed by atoms with Gasteiger partial charge in [0.15, 0.2) is 0 Å². The van der Waals surface area contributed by atoms with Gasteiger partial charge in [-0.25, -0.2) is 4.79 Å². The van der Waals surface area contributed by atoms with E-state index in [2.05, 4.69) is 10.6 Å². The summed E-state index contributed by atoms with van der Waals surface area (Å²) < 4.78 is 0. The summed E-state index contributed by atoms with van der Waals surface area (Å²) in [6.07, 6.45) is 0. The zero-order chi connectivity index (χ0) is 15.5. The molecule has 3 nitrogen and oxygen atoms in total. The van der Waals surface area contributed by atoms with Crippen LogP contribution >= 0.6 is 23.2 Å². The number of nitrogens with one attached hydrogen (secondary N) is 2. The number of rotatable bonds is 2. The van der Waals surface area contributed by atoms with E-state index in [0.29, 0.717) is 15.7 Å². The van der Waals surface area contributed by atoms with E-state index >= 15 is 0 Å². The molecule has 3 aromatic carbocycles. The summed E-state index contributed by atoms with van der Waals surface area (Å²) in [6.45, 7) is 0. The Morgan fingerprint density at radius 1 is 0.818 bits per heavy atom. The molecule has 0 heterocycles. The van der Waals surface area contributed by atoms with Crippen LogP contribution in [-0.2, 0) is 0 Å². The van der Waals surface area contributed by atoms with E-state index < -0.39 is 0 Å². The first kappa shape index (κ1) is 14.7. The normalized spacial score (nSPS) is 10.5. The van der Waals surface area contributed by atoms with Gasteiger partial charge >= 0.3 is 6.03 Å². The third-order valence-electron chi connectivity index (χ3n) is 3.21. The van der Waals surface area contributed by atoms with Gasteiger partial charge in [0, 0.05) is 10.4 Å². The molecule has 5 heteroatoms. The highest BCUT2D eigenvalue weighted by atomic mass is 35.5. The molecular weight excluding hydrogens is 319 g/mol. The Balaban J connectivity index is 1.83. The van der Waals surface area contributed by atoms with Gasteiger partial charge in [-0.05, 0) is 29.7 Å². The molecule has 0 aliphatic carbocycles. The fourth-order valence-electron chi connectivity index (χ4n) is 2.20. The summed E-state index contributed by atoms with van der Waals surface area (Å²) in [5, 5.41) is 8.49. The van der Waals surface area contributed by atoms with Crippen LogP contribution in [0.1, 0.15) is 0 Å². The van der Waals surface area contributed by atoms with Crippen LogP contribution < -0.4 is 10.6 Å². The number of carbonyl (C=O) groups is 1. The first-order chi connectivity index (χ1) is 10.6. The van der Waals surface area contributed by atoms with E-state index in [-0.39, 0.29) is 6.03 Å². The molecule has 0 aliphatic rings. The second-order valence-corrected chi connectivity index (χ2v) is 5.57. The van der Waals surface area contributed by atoms with Crippen LogP contribution in [0.15, 0.2) is 60.7 Å². The highest BCUT2D eigenvalue weighted by Gasteiger charge is 2.08. The van der Waals surface area contributed by atoms with Gasteiger partial charge < -0.3 is 10.6 Å². The molecule has 0 unspecified atom stereocenters. The predicted molar refractivity (Wildman–Crippen MR) is 93.1 cm³/mol. The molecule has 0 aromatic heterocycles. The average molecular weight is 331 g/mol. The topological polar surface area (TPSA) is 41.1 Å². The maximum absolute atomic E-state index is 12.2. The summed E-state index contributed by atoms with van der Waals surface area (Å²) in [4.78, 5) is 12.2. The molecule has 0 atom stereocenters. The molecule has 22 heavy (non-hydrogen) atoms. The Morgan fingerprint density at radius 3 is 2.41 bits per heavy atom. The molecule has 0 spiro atoms. The fourth-order valence-corrected chi connectivity index (χ4v) is 2.54. The first-order valence-electron chi connectivity index (χ1n) is 6.64. The Hall–Kier alpha value is -2.23. The largest absolute Gasteiger partial charge is 0.323 e. The molecule has 3 rings (SSSR count). The molecule has 0 fully saturated rings. The molecule has 2 amide bonds. The Bertz CT molecular complexity index is 844.